The first-order chi connectivity index (χ1) is 12.6. The number of thiophene rings is 1. The Bertz CT molecular complexity index is 800. The van der Waals surface area contributed by atoms with Crippen molar-refractivity contribution in [2.45, 2.75) is 39.5 Å². The number of aromatic nitrogens is 1. The summed E-state index contributed by atoms with van der Waals surface area (Å²) in [6.07, 6.45) is 8.31. The van der Waals surface area contributed by atoms with Crippen molar-refractivity contribution in [2.24, 2.45) is 5.92 Å². The third kappa shape index (κ3) is 3.50. The molecule has 26 heavy (non-hydrogen) atoms. The minimum absolute atomic E-state index is 0.227. The molecule has 2 aromatic rings. The van der Waals surface area contributed by atoms with E-state index in [9.17, 15) is 4.79 Å². The van der Waals surface area contributed by atoms with Crippen LogP contribution in [0.2, 0.25) is 0 Å². The van der Waals surface area contributed by atoms with Gasteiger partial charge in [0.05, 0.1) is 4.88 Å². The lowest BCUT2D eigenvalue weighted by Gasteiger charge is -2.24. The van der Waals surface area contributed by atoms with Gasteiger partial charge in [-0.25, -0.2) is 0 Å². The van der Waals surface area contributed by atoms with Crippen molar-refractivity contribution in [3.8, 4) is 0 Å². The predicted molar refractivity (Wildman–Crippen MR) is 107 cm³/mol. The third-order valence-electron chi connectivity index (χ3n) is 5.65. The minimum Gasteiger partial charge on any atom is -0.369 e. The summed E-state index contributed by atoms with van der Waals surface area (Å²) in [5.41, 5.74) is 3.86. The highest BCUT2D eigenvalue weighted by atomic mass is 32.1. The molecule has 1 aliphatic heterocycles. The fraction of sp³-hybridized carbons (Fsp3) is 0.524. The number of nitrogens with zero attached hydrogens (tertiary/aromatic N) is 3. The highest BCUT2D eigenvalue weighted by Gasteiger charge is 2.25. The van der Waals surface area contributed by atoms with Gasteiger partial charge in [0.25, 0.3) is 5.91 Å². The standard InChI is InChI=1S/C21H27N3OS/c1-15-4-5-19-17(12-15)13-20(26-19)21(25)24-9-3-8-23(10-11-24)18-6-7-22-14-16(18)2/h6-7,13-15H,3-5,8-12H2,1-2H3. The summed E-state index contributed by atoms with van der Waals surface area (Å²) in [6, 6.07) is 4.26. The van der Waals surface area contributed by atoms with E-state index in [1.165, 1.54) is 28.1 Å². The number of hydrogen-bond donors (Lipinski definition) is 0. The fourth-order valence-electron chi connectivity index (χ4n) is 4.15. The molecule has 0 N–H and O–H groups in total. The average molecular weight is 370 g/mol. The summed E-state index contributed by atoms with van der Waals surface area (Å²) in [6.45, 7) is 7.93. The zero-order valence-electron chi connectivity index (χ0n) is 15.7. The second-order valence-electron chi connectivity index (χ2n) is 7.70. The summed E-state index contributed by atoms with van der Waals surface area (Å²) in [5.74, 6) is 0.973. The molecule has 0 bridgehead atoms. The van der Waals surface area contributed by atoms with Crippen LogP contribution in [0.25, 0.3) is 0 Å². The normalized spacial score (nSPS) is 20.6. The molecule has 4 rings (SSSR count). The van der Waals surface area contributed by atoms with Crippen LogP contribution in [0.4, 0.5) is 5.69 Å². The van der Waals surface area contributed by atoms with E-state index in [1.807, 2.05) is 12.4 Å². The number of amides is 1. The van der Waals surface area contributed by atoms with Gasteiger partial charge in [0.15, 0.2) is 0 Å². The molecule has 1 atom stereocenters. The van der Waals surface area contributed by atoms with Crippen molar-refractivity contribution in [1.82, 2.24) is 9.88 Å². The Labute approximate surface area is 159 Å². The summed E-state index contributed by atoms with van der Waals surface area (Å²) < 4.78 is 0. The van der Waals surface area contributed by atoms with E-state index in [-0.39, 0.29) is 5.91 Å². The number of carbonyl (C=O) groups excluding carboxylic acids is 1. The maximum Gasteiger partial charge on any atom is 0.263 e. The molecule has 2 aromatic heterocycles. The topological polar surface area (TPSA) is 36.4 Å². The molecule has 3 heterocycles. The maximum atomic E-state index is 13.1. The van der Waals surface area contributed by atoms with Crippen molar-refractivity contribution in [3.05, 3.63) is 45.4 Å². The van der Waals surface area contributed by atoms with Crippen molar-refractivity contribution >= 4 is 22.9 Å². The first kappa shape index (κ1) is 17.5. The van der Waals surface area contributed by atoms with E-state index < -0.39 is 0 Å². The lowest BCUT2D eigenvalue weighted by molar-refractivity contribution is 0.0772. The summed E-state index contributed by atoms with van der Waals surface area (Å²) in [7, 11) is 0. The number of aryl methyl sites for hydroxylation is 2. The van der Waals surface area contributed by atoms with Crippen LogP contribution in [0.5, 0.6) is 0 Å². The summed E-state index contributed by atoms with van der Waals surface area (Å²) >= 11 is 1.73. The Morgan fingerprint density at radius 2 is 2.15 bits per heavy atom. The largest absolute Gasteiger partial charge is 0.369 e. The van der Waals surface area contributed by atoms with Crippen LogP contribution < -0.4 is 4.90 Å². The number of pyridine rings is 1. The van der Waals surface area contributed by atoms with Crippen molar-refractivity contribution < 1.29 is 4.79 Å². The number of rotatable bonds is 2. The molecule has 0 saturated carbocycles. The lowest BCUT2D eigenvalue weighted by Crippen LogP contribution is -2.35. The van der Waals surface area contributed by atoms with Crippen molar-refractivity contribution in [3.63, 3.8) is 0 Å². The number of fused-ring (bicyclic) bond motifs is 1. The fourth-order valence-corrected chi connectivity index (χ4v) is 5.33. The monoisotopic (exact) mass is 369 g/mol. The Morgan fingerprint density at radius 3 is 3.00 bits per heavy atom. The average Bonchev–Trinajstić information content (AvgIpc) is 2.90. The smallest absolute Gasteiger partial charge is 0.263 e. The maximum absolute atomic E-state index is 13.1. The first-order valence-corrected chi connectivity index (χ1v) is 10.5. The Morgan fingerprint density at radius 1 is 1.27 bits per heavy atom. The van der Waals surface area contributed by atoms with Gasteiger partial charge in [-0.05, 0) is 61.8 Å². The summed E-state index contributed by atoms with van der Waals surface area (Å²) in [4.78, 5) is 24.1. The molecule has 0 spiro atoms. The summed E-state index contributed by atoms with van der Waals surface area (Å²) in [5, 5.41) is 0. The molecular weight excluding hydrogens is 342 g/mol. The van der Waals surface area contributed by atoms with E-state index in [0.29, 0.717) is 0 Å². The van der Waals surface area contributed by atoms with E-state index >= 15 is 0 Å². The van der Waals surface area contributed by atoms with E-state index in [0.717, 1.165) is 56.2 Å². The SMILES string of the molecule is Cc1cnccc1N1CCCN(C(=O)c2cc3c(s2)CCC(C)C3)CC1. The number of anilines is 1. The Kier molecular flexibility index (Phi) is 4.98. The van der Waals surface area contributed by atoms with E-state index in [1.54, 1.807) is 11.3 Å². The number of hydrogen-bond acceptors (Lipinski definition) is 4. The van der Waals surface area contributed by atoms with Gasteiger partial charge in [-0.15, -0.1) is 11.3 Å². The van der Waals surface area contributed by atoms with Crippen LogP contribution in [0, 0.1) is 12.8 Å². The number of carbonyl (C=O) groups is 1. The zero-order chi connectivity index (χ0) is 18.1. The van der Waals surface area contributed by atoms with Crippen LogP contribution in [-0.4, -0.2) is 42.0 Å². The molecule has 4 nitrogen and oxygen atoms in total. The zero-order valence-corrected chi connectivity index (χ0v) is 16.5. The third-order valence-corrected chi connectivity index (χ3v) is 6.88. The van der Waals surface area contributed by atoms with E-state index in [4.69, 9.17) is 0 Å². The Balaban J connectivity index is 1.46. The van der Waals surface area contributed by atoms with Gasteiger partial charge in [-0.2, -0.15) is 0 Å². The first-order valence-electron chi connectivity index (χ1n) is 9.68. The van der Waals surface area contributed by atoms with Gasteiger partial charge in [0.1, 0.15) is 0 Å². The van der Waals surface area contributed by atoms with Gasteiger partial charge < -0.3 is 9.80 Å². The van der Waals surface area contributed by atoms with Crippen molar-refractivity contribution in [2.75, 3.05) is 31.1 Å². The minimum atomic E-state index is 0.227. The molecule has 0 aromatic carbocycles. The lowest BCUT2D eigenvalue weighted by atomic mass is 9.90. The van der Waals surface area contributed by atoms with Gasteiger partial charge in [0.2, 0.25) is 0 Å². The van der Waals surface area contributed by atoms with Crippen LogP contribution >= 0.6 is 11.3 Å². The molecule has 0 radical (unpaired) electrons. The van der Waals surface area contributed by atoms with Crippen LogP contribution in [0.3, 0.4) is 0 Å². The molecular formula is C21H27N3OS. The highest BCUT2D eigenvalue weighted by Crippen LogP contribution is 2.33. The van der Waals surface area contributed by atoms with Gasteiger partial charge >= 0.3 is 0 Å². The second-order valence-corrected chi connectivity index (χ2v) is 8.84. The highest BCUT2D eigenvalue weighted by molar-refractivity contribution is 7.14. The molecule has 1 fully saturated rings. The Hall–Kier alpha value is -1.88. The quantitative estimate of drug-likeness (QED) is 0.805. The molecule has 1 unspecified atom stereocenters. The molecule has 138 valence electrons. The molecule has 1 amide bonds. The van der Waals surface area contributed by atoms with Crippen LogP contribution in [0.1, 0.15) is 45.4 Å². The molecule has 5 heteroatoms. The molecule has 1 saturated heterocycles. The van der Waals surface area contributed by atoms with Gasteiger partial charge in [0, 0.05) is 49.1 Å². The van der Waals surface area contributed by atoms with E-state index in [2.05, 4.69) is 40.8 Å². The van der Waals surface area contributed by atoms with Gasteiger partial charge in [-0.3, -0.25) is 9.78 Å². The van der Waals surface area contributed by atoms with Gasteiger partial charge in [-0.1, -0.05) is 6.92 Å². The molecule has 2 aliphatic rings. The van der Waals surface area contributed by atoms with Crippen molar-refractivity contribution in [1.29, 1.82) is 0 Å². The van der Waals surface area contributed by atoms with Crippen LogP contribution in [0.15, 0.2) is 24.5 Å². The predicted octanol–water partition coefficient (Wildman–Crippen LogP) is 3.93. The molecule has 1 aliphatic carbocycles. The van der Waals surface area contributed by atoms with Crippen LogP contribution in [-0.2, 0) is 12.8 Å². The second kappa shape index (κ2) is 7.39.